The largest absolute Gasteiger partial charge is 0.432 e. The van der Waals surface area contributed by atoms with E-state index in [2.05, 4.69) is 20.9 Å². The van der Waals surface area contributed by atoms with E-state index in [9.17, 15) is 19.5 Å². The summed E-state index contributed by atoms with van der Waals surface area (Å²) in [4.78, 5) is 54.8. The fourth-order valence-corrected chi connectivity index (χ4v) is 10.6. The summed E-state index contributed by atoms with van der Waals surface area (Å²) in [5, 5.41) is 23.7. The molecule has 1 saturated heterocycles. The summed E-state index contributed by atoms with van der Waals surface area (Å²) in [6, 6.07) is 30.7. The quantitative estimate of drug-likeness (QED) is 0.118. The highest BCUT2D eigenvalue weighted by Crippen LogP contribution is 2.60. The summed E-state index contributed by atoms with van der Waals surface area (Å²) < 4.78 is 8.73. The lowest BCUT2D eigenvalue weighted by atomic mass is 9.82. The first-order valence-corrected chi connectivity index (χ1v) is 21.2. The first kappa shape index (κ1) is 36.9. The molecule has 54 heavy (non-hydrogen) atoms. The summed E-state index contributed by atoms with van der Waals surface area (Å²) in [5.41, 5.74) is 3.09. The number of aliphatic hydroxyl groups is 1. The lowest BCUT2D eigenvalue weighted by molar-refractivity contribution is -0.146. The number of nitrogens with one attached hydrogen (secondary N) is 2. The fraction of sp³-hybridized carbons (Fsp3) is 0.293. The third-order valence-corrected chi connectivity index (χ3v) is 12.9. The van der Waals surface area contributed by atoms with Crippen LogP contribution in [-0.4, -0.2) is 63.6 Å². The average molecular weight is 745 g/mol. The standard InChI is InChI=1S/C41H44N6O6Si/c1-27-37(54(2,3)52)36(19-21-46-26-33(20-22-48)44-45-46)53-41(27)34-24-32(43-39(50)30-14-8-5-9-15-30)17-18-35(34)47(40(41)51)25-28-11-10-16-31(23-28)42-38(49)29-12-6-4-7-13-29/h4-18,23-24,26-27,36-37,48,52H,19-22,25H2,1-3H3,(H,42,49)(H,43,50)/t27-,36+,37-,41+/m0/s1. The van der Waals surface area contributed by atoms with Crippen LogP contribution in [0.1, 0.15) is 50.9 Å². The Labute approximate surface area is 314 Å². The number of amides is 3. The zero-order valence-corrected chi connectivity index (χ0v) is 31.5. The van der Waals surface area contributed by atoms with Crippen molar-refractivity contribution in [3.8, 4) is 0 Å². The van der Waals surface area contributed by atoms with Crippen LogP contribution in [0.3, 0.4) is 0 Å². The van der Waals surface area contributed by atoms with Gasteiger partial charge in [0, 0.05) is 65.3 Å². The monoisotopic (exact) mass is 744 g/mol. The third kappa shape index (κ3) is 7.23. The van der Waals surface area contributed by atoms with E-state index in [1.807, 2.05) is 62.5 Å². The Bertz CT molecular complexity index is 2160. The predicted octanol–water partition coefficient (Wildman–Crippen LogP) is 5.75. The van der Waals surface area contributed by atoms with Crippen molar-refractivity contribution in [1.29, 1.82) is 0 Å². The fourth-order valence-electron chi connectivity index (χ4n) is 8.03. The number of anilines is 3. The van der Waals surface area contributed by atoms with Gasteiger partial charge in [0.2, 0.25) is 0 Å². The number of benzene rings is 4. The van der Waals surface area contributed by atoms with E-state index in [-0.39, 0.29) is 36.4 Å². The first-order chi connectivity index (χ1) is 26.0. The Hall–Kier alpha value is -5.47. The number of hydrogen-bond donors (Lipinski definition) is 4. The van der Waals surface area contributed by atoms with Gasteiger partial charge in [-0.1, -0.05) is 60.7 Å². The summed E-state index contributed by atoms with van der Waals surface area (Å²) in [7, 11) is -2.96. The molecule has 278 valence electrons. The molecular formula is C41H44N6O6Si. The molecule has 5 aromatic rings. The molecule has 7 rings (SSSR count). The minimum atomic E-state index is -2.96. The molecule has 3 amide bonds. The van der Waals surface area contributed by atoms with Crippen molar-refractivity contribution in [3.63, 3.8) is 0 Å². The van der Waals surface area contributed by atoms with Gasteiger partial charge in [-0.15, -0.1) is 5.10 Å². The van der Waals surface area contributed by atoms with Gasteiger partial charge in [0.25, 0.3) is 17.7 Å². The molecule has 2 aliphatic rings. The maximum Gasteiger partial charge on any atom is 0.264 e. The number of carbonyl (C=O) groups is 3. The number of aromatic nitrogens is 3. The molecule has 1 aromatic heterocycles. The highest BCUT2D eigenvalue weighted by Gasteiger charge is 2.66. The minimum absolute atomic E-state index is 0.0325. The van der Waals surface area contributed by atoms with Crippen LogP contribution in [0.4, 0.5) is 17.1 Å². The minimum Gasteiger partial charge on any atom is -0.432 e. The number of ether oxygens (including phenoxy) is 1. The van der Waals surface area contributed by atoms with Crippen LogP contribution in [0.25, 0.3) is 0 Å². The topological polar surface area (TPSA) is 159 Å². The molecule has 4 N–H and O–H groups in total. The number of fused-ring (bicyclic) bond motifs is 2. The highest BCUT2D eigenvalue weighted by atomic mass is 28.4. The number of hydrogen-bond acceptors (Lipinski definition) is 8. The summed E-state index contributed by atoms with van der Waals surface area (Å²) in [6.07, 6.45) is 2.15. The molecule has 4 aromatic carbocycles. The van der Waals surface area contributed by atoms with E-state index >= 15 is 4.79 Å². The number of aryl methyl sites for hydroxylation is 1. The van der Waals surface area contributed by atoms with E-state index in [0.717, 1.165) is 5.56 Å². The Morgan fingerprint density at radius 1 is 0.889 bits per heavy atom. The Morgan fingerprint density at radius 3 is 2.17 bits per heavy atom. The third-order valence-electron chi connectivity index (χ3n) is 10.4. The van der Waals surface area contributed by atoms with E-state index in [0.29, 0.717) is 58.8 Å². The molecule has 1 spiro atoms. The van der Waals surface area contributed by atoms with E-state index in [1.54, 1.807) is 76.4 Å². The molecule has 1 fully saturated rings. The normalized spacial score (nSPS) is 20.6. The van der Waals surface area contributed by atoms with Crippen molar-refractivity contribution in [2.75, 3.05) is 22.1 Å². The average Bonchev–Trinajstić information content (AvgIpc) is 3.81. The van der Waals surface area contributed by atoms with Gasteiger partial charge in [0.05, 0.1) is 24.0 Å². The number of nitrogens with zero attached hydrogens (tertiary/aromatic N) is 4. The molecule has 3 heterocycles. The lowest BCUT2D eigenvalue weighted by Gasteiger charge is -2.32. The van der Waals surface area contributed by atoms with Gasteiger partial charge in [-0.3, -0.25) is 19.1 Å². The van der Waals surface area contributed by atoms with Crippen LogP contribution in [0.2, 0.25) is 18.6 Å². The maximum atomic E-state index is 15.1. The first-order valence-electron chi connectivity index (χ1n) is 18.2. The number of aliphatic hydroxyl groups excluding tert-OH is 1. The van der Waals surface area contributed by atoms with Gasteiger partial charge in [-0.2, -0.15) is 0 Å². The summed E-state index contributed by atoms with van der Waals surface area (Å²) in [6.45, 7) is 6.33. The highest BCUT2D eigenvalue weighted by molar-refractivity contribution is 6.71. The van der Waals surface area contributed by atoms with Crippen molar-refractivity contribution in [2.24, 2.45) is 5.92 Å². The molecule has 12 nitrogen and oxygen atoms in total. The van der Waals surface area contributed by atoms with E-state index < -0.39 is 25.9 Å². The lowest BCUT2D eigenvalue weighted by Crippen LogP contribution is -2.46. The van der Waals surface area contributed by atoms with Crippen molar-refractivity contribution in [1.82, 2.24) is 15.0 Å². The molecule has 0 aliphatic carbocycles. The van der Waals surface area contributed by atoms with Gasteiger partial charge in [0.1, 0.15) is 0 Å². The Balaban J connectivity index is 1.23. The zero-order chi connectivity index (χ0) is 38.0. The van der Waals surface area contributed by atoms with Gasteiger partial charge >= 0.3 is 0 Å². The van der Waals surface area contributed by atoms with Crippen molar-refractivity contribution < 1.29 is 29.0 Å². The SMILES string of the molecule is C[C@H]1[C@H]([Si](C)(C)O)[C@@H](CCn2cc(CCO)nn2)O[C@]12C(=O)N(Cc1cccc(NC(=O)c3ccccc3)c1)c1ccc(NC(=O)c3ccccc3)cc12. The Kier molecular flexibility index (Phi) is 10.3. The molecule has 0 bridgehead atoms. The smallest absolute Gasteiger partial charge is 0.264 e. The second-order valence-electron chi connectivity index (χ2n) is 14.6. The molecule has 0 unspecified atom stereocenters. The molecule has 2 aliphatic heterocycles. The molecule has 4 atom stereocenters. The van der Waals surface area contributed by atoms with E-state index in [1.165, 1.54) is 0 Å². The van der Waals surface area contributed by atoms with Crippen LogP contribution < -0.4 is 15.5 Å². The van der Waals surface area contributed by atoms with Gasteiger partial charge in [-0.25, -0.2) is 0 Å². The molecular weight excluding hydrogens is 701 g/mol. The van der Waals surface area contributed by atoms with Crippen molar-refractivity contribution in [2.45, 2.75) is 63.2 Å². The number of carbonyl (C=O) groups excluding carboxylic acids is 3. The van der Waals surface area contributed by atoms with Crippen LogP contribution >= 0.6 is 0 Å². The van der Waals surface area contributed by atoms with Crippen molar-refractivity contribution >= 4 is 43.1 Å². The van der Waals surface area contributed by atoms with Crippen molar-refractivity contribution in [3.05, 3.63) is 137 Å². The molecule has 0 radical (unpaired) electrons. The van der Waals surface area contributed by atoms with Crippen LogP contribution in [0.5, 0.6) is 0 Å². The Morgan fingerprint density at radius 2 is 1.54 bits per heavy atom. The number of rotatable bonds is 12. The second-order valence-corrected chi connectivity index (χ2v) is 18.5. The van der Waals surface area contributed by atoms with Gasteiger partial charge < -0.3 is 30.2 Å². The predicted molar refractivity (Wildman–Crippen MR) is 207 cm³/mol. The van der Waals surface area contributed by atoms with Crippen LogP contribution in [0.15, 0.2) is 109 Å². The maximum absolute atomic E-state index is 15.1. The van der Waals surface area contributed by atoms with E-state index in [4.69, 9.17) is 4.74 Å². The summed E-state index contributed by atoms with van der Waals surface area (Å²) in [5.74, 6) is -1.21. The summed E-state index contributed by atoms with van der Waals surface area (Å²) >= 11 is 0. The van der Waals surface area contributed by atoms with Gasteiger partial charge in [0.15, 0.2) is 13.9 Å². The van der Waals surface area contributed by atoms with Crippen LogP contribution in [0, 0.1) is 5.92 Å². The molecule has 13 heteroatoms. The molecule has 0 saturated carbocycles. The second kappa shape index (κ2) is 15.1. The van der Waals surface area contributed by atoms with Crippen LogP contribution in [-0.2, 0) is 34.6 Å². The zero-order valence-electron chi connectivity index (χ0n) is 30.5. The van der Waals surface area contributed by atoms with Gasteiger partial charge in [-0.05, 0) is 79.7 Å².